The summed E-state index contributed by atoms with van der Waals surface area (Å²) in [5.74, 6) is -10.5. The molecule has 0 aliphatic rings. The Morgan fingerprint density at radius 2 is 0.877 bits per heavy atom. The van der Waals surface area contributed by atoms with E-state index in [1.54, 1.807) is 24.3 Å². The molecule has 0 aliphatic heterocycles. The van der Waals surface area contributed by atoms with E-state index < -0.39 is 98.9 Å². The summed E-state index contributed by atoms with van der Waals surface area (Å²) in [6.45, 7) is -2.11. The molecule has 4 aromatic rings. The monoisotopic (exact) mass is 896 g/mol. The third kappa shape index (κ3) is 14.9. The summed E-state index contributed by atoms with van der Waals surface area (Å²) < 4.78 is 16.4. The van der Waals surface area contributed by atoms with E-state index in [-0.39, 0.29) is 58.3 Å². The van der Waals surface area contributed by atoms with Crippen molar-refractivity contribution in [1.82, 2.24) is 9.80 Å². The van der Waals surface area contributed by atoms with Crippen molar-refractivity contribution >= 4 is 59.3 Å². The molecule has 21 nitrogen and oxygen atoms in total. The third-order valence-corrected chi connectivity index (χ3v) is 9.28. The van der Waals surface area contributed by atoms with Crippen LogP contribution in [-0.2, 0) is 36.8 Å². The molecule has 2 atom stereocenters. The van der Waals surface area contributed by atoms with Crippen LogP contribution in [0.25, 0.3) is 0 Å². The molecule has 0 radical (unpaired) electrons. The maximum Gasteiger partial charge on any atom is 0.343 e. The quantitative estimate of drug-likeness (QED) is 0.0165. The van der Waals surface area contributed by atoms with Gasteiger partial charge < -0.3 is 55.9 Å². The van der Waals surface area contributed by atoms with E-state index in [1.165, 1.54) is 60.7 Å². The Hall–Kier alpha value is -8.46. The highest BCUT2D eigenvalue weighted by Gasteiger charge is 2.34. The van der Waals surface area contributed by atoms with Crippen LogP contribution in [0, 0.1) is 10.8 Å². The van der Waals surface area contributed by atoms with Crippen LogP contribution < -0.4 is 20.9 Å². The summed E-state index contributed by atoms with van der Waals surface area (Å²) in [6, 6.07) is 18.4. The Morgan fingerprint density at radius 3 is 1.18 bits per heavy atom. The van der Waals surface area contributed by atoms with Crippen molar-refractivity contribution in [3.63, 3.8) is 0 Å². The van der Waals surface area contributed by atoms with Crippen molar-refractivity contribution in [3.05, 3.63) is 130 Å². The van der Waals surface area contributed by atoms with E-state index in [0.29, 0.717) is 20.9 Å². The second-order valence-corrected chi connectivity index (χ2v) is 14.1. The van der Waals surface area contributed by atoms with Crippen LogP contribution in [0.1, 0.15) is 65.4 Å². The summed E-state index contributed by atoms with van der Waals surface area (Å²) in [5, 5.41) is 53.8. The first-order valence-electron chi connectivity index (χ1n) is 19.4. The van der Waals surface area contributed by atoms with Gasteiger partial charge in [-0.25, -0.2) is 19.2 Å². The zero-order valence-electron chi connectivity index (χ0n) is 34.4. The molecule has 0 saturated heterocycles. The molecule has 0 fully saturated rings. The van der Waals surface area contributed by atoms with Crippen molar-refractivity contribution < 1.29 is 73.0 Å². The molecule has 65 heavy (non-hydrogen) atoms. The van der Waals surface area contributed by atoms with E-state index in [2.05, 4.69) is 0 Å². The van der Waals surface area contributed by atoms with Crippen LogP contribution >= 0.6 is 0 Å². The Morgan fingerprint density at radius 1 is 0.523 bits per heavy atom. The lowest BCUT2D eigenvalue weighted by molar-refractivity contribution is -0.149. The summed E-state index contributed by atoms with van der Waals surface area (Å²) in [7, 11) is 0. The third-order valence-electron chi connectivity index (χ3n) is 9.28. The van der Waals surface area contributed by atoms with Crippen molar-refractivity contribution in [2.24, 2.45) is 11.5 Å². The van der Waals surface area contributed by atoms with E-state index in [4.69, 9.17) is 36.5 Å². The number of carboxylic acid groups (broad SMARTS) is 4. The van der Waals surface area contributed by atoms with Crippen LogP contribution in [0.15, 0.2) is 97.1 Å². The van der Waals surface area contributed by atoms with Gasteiger partial charge in [0.15, 0.2) is 0 Å². The number of rotatable bonds is 24. The number of ether oxygens (including phenoxy) is 3. The minimum Gasteiger partial charge on any atom is -0.481 e. The number of benzene rings is 4. The fourth-order valence-electron chi connectivity index (χ4n) is 6.22. The van der Waals surface area contributed by atoms with Crippen LogP contribution in [0.4, 0.5) is 0 Å². The van der Waals surface area contributed by atoms with Gasteiger partial charge in [-0.05, 0) is 71.8 Å². The number of hydrogen-bond acceptors (Lipinski definition) is 13. The van der Waals surface area contributed by atoms with Crippen molar-refractivity contribution in [3.8, 4) is 11.5 Å². The van der Waals surface area contributed by atoms with Gasteiger partial charge in [0.2, 0.25) is 0 Å². The van der Waals surface area contributed by atoms with Gasteiger partial charge in [-0.15, -0.1) is 0 Å². The second kappa shape index (κ2) is 23.1. The lowest BCUT2D eigenvalue weighted by atomic mass is 10.1. The molecular formula is C44H44N6O15. The summed E-state index contributed by atoms with van der Waals surface area (Å²) in [5.41, 5.74) is 12.0. The highest BCUT2D eigenvalue weighted by Crippen LogP contribution is 2.22. The van der Waals surface area contributed by atoms with Crippen LogP contribution in [0.2, 0.25) is 0 Å². The molecule has 0 unspecified atom stereocenters. The maximum atomic E-state index is 13.8. The topological polar surface area (TPSA) is 351 Å². The number of carboxylic acids is 4. The minimum absolute atomic E-state index is 0.0780. The van der Waals surface area contributed by atoms with E-state index in [1.807, 2.05) is 0 Å². The Kier molecular flexibility index (Phi) is 17.5. The first-order chi connectivity index (χ1) is 30.8. The van der Waals surface area contributed by atoms with Crippen LogP contribution in [-0.4, -0.2) is 128 Å². The number of nitrogens with two attached hydrogens (primary N) is 2. The van der Waals surface area contributed by atoms with Gasteiger partial charge in [-0.3, -0.25) is 30.0 Å². The lowest BCUT2D eigenvalue weighted by Gasteiger charge is -2.30. The molecule has 0 heterocycles. The first-order valence-corrected chi connectivity index (χ1v) is 19.4. The zero-order valence-corrected chi connectivity index (χ0v) is 34.4. The van der Waals surface area contributed by atoms with Gasteiger partial charge in [-0.2, -0.15) is 0 Å². The average molecular weight is 897 g/mol. The van der Waals surface area contributed by atoms with Gasteiger partial charge >= 0.3 is 35.8 Å². The van der Waals surface area contributed by atoms with Crippen LogP contribution in [0.5, 0.6) is 11.5 Å². The van der Waals surface area contributed by atoms with E-state index in [9.17, 15) is 58.8 Å². The second-order valence-electron chi connectivity index (χ2n) is 14.1. The molecule has 2 amide bonds. The first kappa shape index (κ1) is 49.2. The van der Waals surface area contributed by atoms with Crippen molar-refractivity contribution in [2.75, 3.05) is 26.3 Å². The van der Waals surface area contributed by atoms with Gasteiger partial charge in [0.1, 0.15) is 23.6 Å². The molecule has 4 aromatic carbocycles. The van der Waals surface area contributed by atoms with E-state index >= 15 is 0 Å². The van der Waals surface area contributed by atoms with Gasteiger partial charge in [-0.1, -0.05) is 36.4 Å². The Bertz CT molecular complexity index is 2290. The van der Waals surface area contributed by atoms with Crippen LogP contribution in [0.3, 0.4) is 0 Å². The molecule has 21 heteroatoms. The minimum atomic E-state index is -1.93. The number of carbonyl (C=O) groups is 8. The number of amides is 2. The molecule has 340 valence electrons. The fourth-order valence-corrected chi connectivity index (χ4v) is 6.22. The molecule has 0 aromatic heterocycles. The smallest absolute Gasteiger partial charge is 0.343 e. The summed E-state index contributed by atoms with van der Waals surface area (Å²) in [6.07, 6.45) is -1.74. The van der Waals surface area contributed by atoms with Gasteiger partial charge in [0.05, 0.1) is 48.9 Å². The predicted octanol–water partition coefficient (Wildman–Crippen LogP) is 2.54. The SMILES string of the molecule is N=C(N)Cc1ccc(C(=O)Oc2cccc(C(=O)N(CCOCCN(C(=O)c3cccc(OC(=O)c4ccc(CC(=N)N)cc4)c3)[C@@H](CC(=O)O)C(=O)O)[C@@H](CC(=O)O)C(=O)O)c2)cc1. The Balaban J connectivity index is 1.49. The number of esters is 2. The number of nitrogens with zero attached hydrogens (tertiary/aromatic N) is 2. The molecule has 10 N–H and O–H groups in total. The molecule has 0 saturated carbocycles. The van der Waals surface area contributed by atoms with Crippen molar-refractivity contribution in [1.29, 1.82) is 10.8 Å². The highest BCUT2D eigenvalue weighted by atomic mass is 16.5. The Labute approximate surface area is 369 Å². The predicted molar refractivity (Wildman–Crippen MR) is 227 cm³/mol. The average Bonchev–Trinajstić information content (AvgIpc) is 3.24. The molecule has 0 aliphatic carbocycles. The normalized spacial score (nSPS) is 11.6. The number of aliphatic carboxylic acids is 4. The molecule has 0 spiro atoms. The fraction of sp³-hybridized carbons (Fsp3) is 0.227. The largest absolute Gasteiger partial charge is 0.481 e. The number of carbonyl (C=O) groups excluding carboxylic acids is 4. The lowest BCUT2D eigenvalue weighted by Crippen LogP contribution is -2.49. The number of hydrogen-bond donors (Lipinski definition) is 8. The maximum absolute atomic E-state index is 13.8. The van der Waals surface area contributed by atoms with Gasteiger partial charge in [0.25, 0.3) is 11.8 Å². The molecule has 4 rings (SSSR count). The molecule has 0 bridgehead atoms. The van der Waals surface area contributed by atoms with Crippen molar-refractivity contribution in [2.45, 2.75) is 37.8 Å². The summed E-state index contributed by atoms with van der Waals surface area (Å²) in [4.78, 5) is 103. The van der Waals surface area contributed by atoms with E-state index in [0.717, 1.165) is 12.1 Å². The standard InChI is InChI=1S/C44H44N6O15/c45-35(46)19-25-7-11-27(12-8-25)43(61)64-31-5-1-3-29(21-31)39(55)49(33(41(57)58)23-37(51)52)15-17-63-18-16-50(34(42(59)60)24-38(53)54)40(56)30-4-2-6-32(22-30)65-44(62)28-13-9-26(10-14-28)20-36(47)48/h1-14,21-22,33-34H,15-20,23-24H2,(H3,45,46)(H3,47,48)(H,51,52)(H,53,54)(H,57,58)(H,59,60)/t33-,34-/m0/s1. The number of nitrogens with one attached hydrogen (secondary N) is 2. The molecular weight excluding hydrogens is 853 g/mol. The van der Waals surface area contributed by atoms with Gasteiger partial charge in [0, 0.05) is 37.1 Å². The highest BCUT2D eigenvalue weighted by molar-refractivity contribution is 5.99. The number of amidine groups is 2. The summed E-state index contributed by atoms with van der Waals surface area (Å²) >= 11 is 0. The zero-order chi connectivity index (χ0) is 47.8.